The lowest BCUT2D eigenvalue weighted by Crippen LogP contribution is -2.26. The molecule has 0 unspecified atom stereocenters. The van der Waals surface area contributed by atoms with Crippen molar-refractivity contribution in [3.05, 3.63) is 36.4 Å². The summed E-state index contributed by atoms with van der Waals surface area (Å²) in [6.45, 7) is 3.84. The van der Waals surface area contributed by atoms with Crippen molar-refractivity contribution in [2.75, 3.05) is 0 Å². The Labute approximate surface area is 83.3 Å². The van der Waals surface area contributed by atoms with Gasteiger partial charge in [0.1, 0.15) is 5.76 Å². The zero-order chi connectivity index (χ0) is 10.6. The van der Waals surface area contributed by atoms with E-state index in [0.717, 1.165) is 0 Å². The van der Waals surface area contributed by atoms with Crippen LogP contribution in [0.15, 0.2) is 36.4 Å². The van der Waals surface area contributed by atoms with Crippen LogP contribution in [0.2, 0.25) is 0 Å². The molecule has 14 heavy (non-hydrogen) atoms. The lowest BCUT2D eigenvalue weighted by molar-refractivity contribution is 0.154. The molecule has 1 aliphatic heterocycles. The molecule has 0 saturated heterocycles. The van der Waals surface area contributed by atoms with Gasteiger partial charge in [-0.1, -0.05) is 6.08 Å². The molecule has 0 radical (unpaired) electrons. The van der Waals surface area contributed by atoms with E-state index in [4.69, 9.17) is 10.5 Å². The molecular weight excluding hydrogens is 180 g/mol. The highest BCUT2D eigenvalue weighted by Gasteiger charge is 2.07. The third-order valence-electron chi connectivity index (χ3n) is 1.51. The van der Waals surface area contributed by atoms with Crippen LogP contribution in [0.4, 0.5) is 4.79 Å². The molecule has 0 atom stereocenters. The minimum atomic E-state index is -0.533. The van der Waals surface area contributed by atoms with E-state index in [1.807, 2.05) is 13.8 Å². The quantitative estimate of drug-likeness (QED) is 0.727. The second-order valence-corrected chi connectivity index (χ2v) is 3.14. The van der Waals surface area contributed by atoms with Crippen molar-refractivity contribution in [3.63, 3.8) is 0 Å². The van der Waals surface area contributed by atoms with Crippen molar-refractivity contribution in [1.82, 2.24) is 4.90 Å². The summed E-state index contributed by atoms with van der Waals surface area (Å²) in [5.74, 6) is 0.615. The molecule has 0 aliphatic carbocycles. The molecule has 0 aromatic rings. The fraction of sp³-hybridized carbons (Fsp3) is 0.300. The number of ether oxygens (including phenoxy) is 1. The van der Waals surface area contributed by atoms with Crippen molar-refractivity contribution in [2.24, 2.45) is 5.73 Å². The smallest absolute Gasteiger partial charge is 0.323 e. The molecule has 4 nitrogen and oxygen atoms in total. The van der Waals surface area contributed by atoms with E-state index < -0.39 is 6.03 Å². The number of hydrogen-bond donors (Lipinski definition) is 1. The Morgan fingerprint density at radius 1 is 1.50 bits per heavy atom. The molecular formula is C10H14N2O2. The molecule has 2 amide bonds. The third-order valence-corrected chi connectivity index (χ3v) is 1.51. The minimum Gasteiger partial charge on any atom is -0.489 e. The number of hydrogen-bond acceptors (Lipinski definition) is 2. The van der Waals surface area contributed by atoms with Crippen LogP contribution in [0.25, 0.3) is 0 Å². The summed E-state index contributed by atoms with van der Waals surface area (Å²) in [4.78, 5) is 12.2. The van der Waals surface area contributed by atoms with Gasteiger partial charge >= 0.3 is 6.03 Å². The maximum atomic E-state index is 10.9. The first-order valence-electron chi connectivity index (χ1n) is 4.40. The first-order chi connectivity index (χ1) is 6.59. The number of carbonyl (C=O) groups is 1. The maximum Gasteiger partial charge on any atom is 0.323 e. The predicted octanol–water partition coefficient (Wildman–Crippen LogP) is 1.72. The van der Waals surface area contributed by atoms with Crippen LogP contribution in [-0.4, -0.2) is 17.0 Å². The van der Waals surface area contributed by atoms with Gasteiger partial charge in [0.25, 0.3) is 0 Å². The lowest BCUT2D eigenvalue weighted by Gasteiger charge is -2.13. The van der Waals surface area contributed by atoms with Gasteiger partial charge in [-0.2, -0.15) is 0 Å². The molecule has 1 heterocycles. The van der Waals surface area contributed by atoms with Crippen molar-refractivity contribution in [3.8, 4) is 0 Å². The fourth-order valence-electron chi connectivity index (χ4n) is 0.995. The topological polar surface area (TPSA) is 55.6 Å². The Bertz CT molecular complexity index is 303. The van der Waals surface area contributed by atoms with Crippen LogP contribution < -0.4 is 5.73 Å². The van der Waals surface area contributed by atoms with E-state index in [-0.39, 0.29) is 6.10 Å². The number of allylic oxidation sites excluding steroid dienone is 3. The number of carbonyl (C=O) groups excluding carboxylic acids is 1. The van der Waals surface area contributed by atoms with Crippen LogP contribution in [0.5, 0.6) is 0 Å². The Kier molecular flexibility index (Phi) is 3.34. The second-order valence-electron chi connectivity index (χ2n) is 3.14. The molecule has 2 N–H and O–H groups in total. The van der Waals surface area contributed by atoms with Gasteiger partial charge in [0.15, 0.2) is 0 Å². The van der Waals surface area contributed by atoms with E-state index in [0.29, 0.717) is 5.76 Å². The highest BCUT2D eigenvalue weighted by Crippen LogP contribution is 2.09. The highest BCUT2D eigenvalue weighted by atomic mass is 16.5. The van der Waals surface area contributed by atoms with Gasteiger partial charge in [-0.25, -0.2) is 4.79 Å². The van der Waals surface area contributed by atoms with Crippen LogP contribution in [0.3, 0.4) is 0 Å². The monoisotopic (exact) mass is 194 g/mol. The van der Waals surface area contributed by atoms with Gasteiger partial charge in [-0.3, -0.25) is 4.90 Å². The van der Waals surface area contributed by atoms with Gasteiger partial charge in [-0.15, -0.1) is 0 Å². The summed E-state index contributed by atoms with van der Waals surface area (Å²) in [7, 11) is 0. The van der Waals surface area contributed by atoms with E-state index in [2.05, 4.69) is 0 Å². The molecule has 0 saturated carbocycles. The van der Waals surface area contributed by atoms with E-state index in [1.165, 1.54) is 4.90 Å². The predicted molar refractivity (Wildman–Crippen MR) is 54.0 cm³/mol. The Balaban J connectivity index is 2.78. The largest absolute Gasteiger partial charge is 0.489 e. The maximum absolute atomic E-state index is 10.9. The van der Waals surface area contributed by atoms with Crippen LogP contribution in [0.1, 0.15) is 13.8 Å². The summed E-state index contributed by atoms with van der Waals surface area (Å²) < 4.78 is 5.44. The SMILES string of the molecule is CC(C)OC1=CN(C(N)=O)C=CC=C1. The molecule has 0 spiro atoms. The zero-order valence-corrected chi connectivity index (χ0v) is 8.31. The third kappa shape index (κ3) is 2.97. The van der Waals surface area contributed by atoms with Crippen molar-refractivity contribution in [2.45, 2.75) is 20.0 Å². The second kappa shape index (κ2) is 4.50. The zero-order valence-electron chi connectivity index (χ0n) is 8.31. The minimum absolute atomic E-state index is 0.0683. The van der Waals surface area contributed by atoms with Crippen LogP contribution in [-0.2, 0) is 4.74 Å². The number of urea groups is 1. The molecule has 0 bridgehead atoms. The van der Waals surface area contributed by atoms with Gasteiger partial charge in [-0.05, 0) is 26.0 Å². The number of nitrogens with two attached hydrogens (primary N) is 1. The Morgan fingerprint density at radius 3 is 2.79 bits per heavy atom. The molecule has 0 fully saturated rings. The summed E-state index contributed by atoms with van der Waals surface area (Å²) >= 11 is 0. The van der Waals surface area contributed by atoms with Gasteiger partial charge < -0.3 is 10.5 Å². The molecule has 0 aromatic heterocycles. The average molecular weight is 194 g/mol. The molecule has 0 aromatic carbocycles. The van der Waals surface area contributed by atoms with E-state index in [1.54, 1.807) is 30.6 Å². The number of nitrogens with zero attached hydrogens (tertiary/aromatic N) is 1. The summed E-state index contributed by atoms with van der Waals surface area (Å²) in [5, 5.41) is 0. The first kappa shape index (κ1) is 10.4. The van der Waals surface area contributed by atoms with Crippen molar-refractivity contribution < 1.29 is 9.53 Å². The average Bonchev–Trinajstić information content (AvgIpc) is 2.28. The van der Waals surface area contributed by atoms with Crippen molar-refractivity contribution in [1.29, 1.82) is 0 Å². The van der Waals surface area contributed by atoms with E-state index in [9.17, 15) is 4.79 Å². The summed E-state index contributed by atoms with van der Waals surface area (Å²) in [5.41, 5.74) is 5.14. The van der Waals surface area contributed by atoms with Gasteiger partial charge in [0, 0.05) is 6.20 Å². The fourth-order valence-corrected chi connectivity index (χ4v) is 0.995. The van der Waals surface area contributed by atoms with Gasteiger partial charge in [0.05, 0.1) is 12.3 Å². The van der Waals surface area contributed by atoms with Crippen LogP contribution in [0, 0.1) is 0 Å². The summed E-state index contributed by atoms with van der Waals surface area (Å²) in [6.07, 6.45) is 8.49. The number of rotatable bonds is 2. The summed E-state index contributed by atoms with van der Waals surface area (Å²) in [6, 6.07) is -0.533. The Morgan fingerprint density at radius 2 is 2.21 bits per heavy atom. The molecule has 1 rings (SSSR count). The highest BCUT2D eigenvalue weighted by molar-refractivity contribution is 5.74. The first-order valence-corrected chi connectivity index (χ1v) is 4.40. The van der Waals surface area contributed by atoms with E-state index >= 15 is 0 Å². The molecule has 76 valence electrons. The standard InChI is InChI=1S/C10H14N2O2/c1-8(2)14-9-5-3-4-6-12(7-9)10(11)13/h3-8H,1-2H3,(H2,11,13). The Hall–Kier alpha value is -1.71. The lowest BCUT2D eigenvalue weighted by atomic mass is 10.4. The number of amides is 2. The normalized spacial score (nSPS) is 15.4. The molecule has 4 heteroatoms. The molecule has 1 aliphatic rings. The van der Waals surface area contributed by atoms with Gasteiger partial charge in [0.2, 0.25) is 0 Å². The number of primary amides is 1. The van der Waals surface area contributed by atoms with Crippen molar-refractivity contribution >= 4 is 6.03 Å². The van der Waals surface area contributed by atoms with Crippen LogP contribution >= 0.6 is 0 Å².